The van der Waals surface area contributed by atoms with Gasteiger partial charge in [-0.2, -0.15) is 0 Å². The second-order valence-corrected chi connectivity index (χ2v) is 6.02. The fourth-order valence-electron chi connectivity index (χ4n) is 2.35. The van der Waals surface area contributed by atoms with E-state index in [1.54, 1.807) is 30.5 Å². The number of H-pyrrole nitrogens is 1. The first kappa shape index (κ1) is 17.0. The Morgan fingerprint density at radius 1 is 1.20 bits per heavy atom. The predicted molar refractivity (Wildman–Crippen MR) is 97.5 cm³/mol. The van der Waals surface area contributed by atoms with E-state index in [1.807, 2.05) is 37.3 Å². The summed E-state index contributed by atoms with van der Waals surface area (Å²) in [5.41, 5.74) is 1.96. The third-order valence-corrected chi connectivity index (χ3v) is 3.90. The molecule has 6 heteroatoms. The Kier molecular flexibility index (Phi) is 5.36. The summed E-state index contributed by atoms with van der Waals surface area (Å²) in [4.78, 5) is 19.6. The van der Waals surface area contributed by atoms with Crippen LogP contribution in [0, 0.1) is 0 Å². The molecule has 0 radical (unpaired) electrons. The zero-order valence-electron chi connectivity index (χ0n) is 13.7. The van der Waals surface area contributed by atoms with E-state index in [-0.39, 0.29) is 18.6 Å². The van der Waals surface area contributed by atoms with Crippen LogP contribution in [-0.2, 0) is 4.79 Å². The minimum absolute atomic E-state index is 0.0712. The van der Waals surface area contributed by atoms with Gasteiger partial charge in [-0.05, 0) is 36.8 Å². The first-order valence-corrected chi connectivity index (χ1v) is 8.27. The van der Waals surface area contributed by atoms with Crippen molar-refractivity contribution in [1.29, 1.82) is 0 Å². The smallest absolute Gasteiger partial charge is 0.258 e. The number of aromatic amines is 1. The minimum atomic E-state index is -0.251. The monoisotopic (exact) mass is 355 g/mol. The molecule has 0 bridgehead atoms. The molecule has 0 saturated heterocycles. The average molecular weight is 356 g/mol. The molecule has 3 rings (SSSR count). The van der Waals surface area contributed by atoms with E-state index in [9.17, 15) is 4.79 Å². The molecule has 0 spiro atoms. The van der Waals surface area contributed by atoms with Crippen LogP contribution in [0.5, 0.6) is 5.75 Å². The number of imidazole rings is 1. The number of hydrogen-bond acceptors (Lipinski definition) is 3. The number of ether oxygens (including phenoxy) is 1. The standard InChI is InChI=1S/C19H18ClN3O2/c1-13(19-21-11-17(23-19)14-5-3-2-4-6-14)22-18(24)12-25-16-9-7-15(20)8-10-16/h2-11,13H,12H2,1H3,(H,21,23)(H,22,24). The third kappa shape index (κ3) is 4.61. The molecular formula is C19H18ClN3O2. The Balaban J connectivity index is 1.55. The van der Waals surface area contributed by atoms with Gasteiger partial charge in [-0.3, -0.25) is 4.79 Å². The molecule has 1 aromatic heterocycles. The first-order valence-electron chi connectivity index (χ1n) is 7.90. The highest BCUT2D eigenvalue weighted by molar-refractivity contribution is 6.30. The van der Waals surface area contributed by atoms with Crippen LogP contribution in [-0.4, -0.2) is 22.5 Å². The Morgan fingerprint density at radius 2 is 1.92 bits per heavy atom. The summed E-state index contributed by atoms with van der Waals surface area (Å²) in [6, 6.07) is 16.5. The Bertz CT molecular complexity index is 831. The molecule has 0 aliphatic rings. The van der Waals surface area contributed by atoms with Crippen LogP contribution >= 0.6 is 11.6 Å². The van der Waals surface area contributed by atoms with Gasteiger partial charge in [-0.25, -0.2) is 4.98 Å². The fourth-order valence-corrected chi connectivity index (χ4v) is 2.48. The van der Waals surface area contributed by atoms with E-state index in [4.69, 9.17) is 16.3 Å². The molecule has 2 aromatic carbocycles. The van der Waals surface area contributed by atoms with Gasteiger partial charge in [0.05, 0.1) is 17.9 Å². The molecule has 1 heterocycles. The predicted octanol–water partition coefficient (Wildman–Crippen LogP) is 3.99. The normalized spacial score (nSPS) is 11.8. The molecule has 1 atom stereocenters. The number of halogens is 1. The zero-order valence-corrected chi connectivity index (χ0v) is 14.5. The quantitative estimate of drug-likeness (QED) is 0.702. The highest BCUT2D eigenvalue weighted by Gasteiger charge is 2.14. The summed E-state index contributed by atoms with van der Waals surface area (Å²) in [5, 5.41) is 3.48. The van der Waals surface area contributed by atoms with Crippen molar-refractivity contribution in [2.45, 2.75) is 13.0 Å². The second-order valence-electron chi connectivity index (χ2n) is 5.58. The van der Waals surface area contributed by atoms with Crippen molar-refractivity contribution in [1.82, 2.24) is 15.3 Å². The maximum Gasteiger partial charge on any atom is 0.258 e. The molecule has 3 aromatic rings. The Labute approximate surface area is 151 Å². The van der Waals surface area contributed by atoms with Gasteiger partial charge in [-0.1, -0.05) is 41.9 Å². The van der Waals surface area contributed by atoms with Crippen molar-refractivity contribution in [3.8, 4) is 17.0 Å². The summed E-state index contributed by atoms with van der Waals surface area (Å²) < 4.78 is 5.43. The summed E-state index contributed by atoms with van der Waals surface area (Å²) in [6.45, 7) is 1.80. The SMILES string of the molecule is CC(NC(=O)COc1ccc(Cl)cc1)c1ncc(-c2ccccc2)[nH]1. The molecule has 0 aliphatic carbocycles. The fraction of sp³-hybridized carbons (Fsp3) is 0.158. The van der Waals surface area contributed by atoms with E-state index in [0.717, 1.165) is 11.3 Å². The van der Waals surface area contributed by atoms with Crippen molar-refractivity contribution in [2.75, 3.05) is 6.61 Å². The van der Waals surface area contributed by atoms with Gasteiger partial charge in [0, 0.05) is 5.02 Å². The van der Waals surface area contributed by atoms with Crippen molar-refractivity contribution < 1.29 is 9.53 Å². The second kappa shape index (κ2) is 7.85. The van der Waals surface area contributed by atoms with Gasteiger partial charge in [0.1, 0.15) is 11.6 Å². The van der Waals surface area contributed by atoms with Crippen LogP contribution in [0.15, 0.2) is 60.8 Å². The molecule has 5 nitrogen and oxygen atoms in total. The highest BCUT2D eigenvalue weighted by Crippen LogP contribution is 2.19. The average Bonchev–Trinajstić information content (AvgIpc) is 3.12. The molecule has 25 heavy (non-hydrogen) atoms. The lowest BCUT2D eigenvalue weighted by atomic mass is 10.2. The van der Waals surface area contributed by atoms with Gasteiger partial charge in [0.2, 0.25) is 0 Å². The van der Waals surface area contributed by atoms with Crippen molar-refractivity contribution in [3.05, 3.63) is 71.6 Å². The number of benzene rings is 2. The number of nitrogens with one attached hydrogen (secondary N) is 2. The molecular weight excluding hydrogens is 338 g/mol. The van der Waals surface area contributed by atoms with Gasteiger partial charge in [-0.15, -0.1) is 0 Å². The van der Waals surface area contributed by atoms with E-state index in [0.29, 0.717) is 16.6 Å². The topological polar surface area (TPSA) is 67.0 Å². The summed E-state index contributed by atoms with van der Waals surface area (Å²) in [7, 11) is 0. The summed E-state index contributed by atoms with van der Waals surface area (Å²) >= 11 is 5.81. The molecule has 0 saturated carbocycles. The zero-order chi connectivity index (χ0) is 17.6. The van der Waals surface area contributed by atoms with E-state index < -0.39 is 0 Å². The van der Waals surface area contributed by atoms with E-state index in [2.05, 4.69) is 15.3 Å². The number of carbonyl (C=O) groups is 1. The van der Waals surface area contributed by atoms with Crippen molar-refractivity contribution >= 4 is 17.5 Å². The number of aromatic nitrogens is 2. The maximum absolute atomic E-state index is 12.0. The number of nitrogens with zero attached hydrogens (tertiary/aromatic N) is 1. The molecule has 2 N–H and O–H groups in total. The molecule has 1 unspecified atom stereocenters. The van der Waals surface area contributed by atoms with Crippen molar-refractivity contribution in [3.63, 3.8) is 0 Å². The number of rotatable bonds is 6. The van der Waals surface area contributed by atoms with Crippen molar-refractivity contribution in [2.24, 2.45) is 0 Å². The van der Waals surface area contributed by atoms with Crippen LogP contribution in [0.3, 0.4) is 0 Å². The maximum atomic E-state index is 12.0. The van der Waals surface area contributed by atoms with E-state index in [1.165, 1.54) is 0 Å². The van der Waals surface area contributed by atoms with Crippen LogP contribution in [0.25, 0.3) is 11.3 Å². The summed E-state index contributed by atoms with van der Waals surface area (Å²) in [6.07, 6.45) is 1.76. The van der Waals surface area contributed by atoms with Crippen LogP contribution in [0.4, 0.5) is 0 Å². The van der Waals surface area contributed by atoms with Gasteiger partial charge in [0.15, 0.2) is 6.61 Å². The van der Waals surface area contributed by atoms with Crippen LogP contribution in [0.1, 0.15) is 18.8 Å². The highest BCUT2D eigenvalue weighted by atomic mass is 35.5. The Morgan fingerprint density at radius 3 is 2.64 bits per heavy atom. The number of amides is 1. The lowest BCUT2D eigenvalue weighted by Gasteiger charge is -2.12. The summed E-state index contributed by atoms with van der Waals surface area (Å²) in [5.74, 6) is 1.07. The number of carbonyl (C=O) groups excluding carboxylic acids is 1. The largest absolute Gasteiger partial charge is 0.484 e. The van der Waals surface area contributed by atoms with Gasteiger partial charge >= 0.3 is 0 Å². The number of hydrogen-bond donors (Lipinski definition) is 2. The van der Waals surface area contributed by atoms with Crippen LogP contribution < -0.4 is 10.1 Å². The Hall–Kier alpha value is -2.79. The van der Waals surface area contributed by atoms with E-state index >= 15 is 0 Å². The first-order chi connectivity index (χ1) is 12.1. The molecule has 0 fully saturated rings. The van der Waals surface area contributed by atoms with Crippen LogP contribution in [0.2, 0.25) is 5.02 Å². The van der Waals surface area contributed by atoms with Gasteiger partial charge in [0.25, 0.3) is 5.91 Å². The molecule has 128 valence electrons. The minimum Gasteiger partial charge on any atom is -0.484 e. The third-order valence-electron chi connectivity index (χ3n) is 3.65. The molecule has 1 amide bonds. The van der Waals surface area contributed by atoms with Gasteiger partial charge < -0.3 is 15.0 Å². The lowest BCUT2D eigenvalue weighted by molar-refractivity contribution is -0.123. The lowest BCUT2D eigenvalue weighted by Crippen LogP contribution is -2.31. The molecule has 0 aliphatic heterocycles.